The van der Waals surface area contributed by atoms with Crippen LogP contribution in [0.2, 0.25) is 0 Å². The van der Waals surface area contributed by atoms with Crippen molar-refractivity contribution in [2.24, 2.45) is 5.73 Å². The topological polar surface area (TPSA) is 52.3 Å². The van der Waals surface area contributed by atoms with Gasteiger partial charge in [-0.3, -0.25) is 0 Å². The predicted molar refractivity (Wildman–Crippen MR) is 57.4 cm³/mol. The van der Waals surface area contributed by atoms with Crippen molar-refractivity contribution in [1.29, 1.82) is 0 Å². The van der Waals surface area contributed by atoms with Crippen LogP contribution in [0.5, 0.6) is 0 Å². The van der Waals surface area contributed by atoms with E-state index in [4.69, 9.17) is 5.73 Å². The summed E-state index contributed by atoms with van der Waals surface area (Å²) in [5.74, 6) is -0.469. The highest BCUT2D eigenvalue weighted by molar-refractivity contribution is 5.93. The Morgan fingerprint density at radius 2 is 2.07 bits per heavy atom. The van der Waals surface area contributed by atoms with Crippen molar-refractivity contribution < 1.29 is 9.53 Å². The van der Waals surface area contributed by atoms with E-state index >= 15 is 0 Å². The Hall–Kier alpha value is -1.77. The molecule has 0 rings (SSSR count). The number of ether oxygens (including phenoxy) is 1. The van der Waals surface area contributed by atoms with Crippen molar-refractivity contribution in [2.45, 2.75) is 6.92 Å². The van der Waals surface area contributed by atoms with Gasteiger partial charge in [0.15, 0.2) is 0 Å². The van der Waals surface area contributed by atoms with Gasteiger partial charge in [-0.2, -0.15) is 0 Å². The van der Waals surface area contributed by atoms with Gasteiger partial charge in [0.1, 0.15) is 0 Å². The summed E-state index contributed by atoms with van der Waals surface area (Å²) in [6.45, 7) is 5.35. The molecule has 0 unspecified atom stereocenters. The van der Waals surface area contributed by atoms with Crippen molar-refractivity contribution in [3.63, 3.8) is 0 Å². The summed E-state index contributed by atoms with van der Waals surface area (Å²) in [5.41, 5.74) is 6.32. The van der Waals surface area contributed by atoms with E-state index in [0.29, 0.717) is 11.3 Å². The highest BCUT2D eigenvalue weighted by Crippen LogP contribution is 2.06. The van der Waals surface area contributed by atoms with Crippen LogP contribution in [0.4, 0.5) is 0 Å². The van der Waals surface area contributed by atoms with E-state index in [0.717, 1.165) is 0 Å². The molecular formula is C11H15NO2. The van der Waals surface area contributed by atoms with E-state index in [1.165, 1.54) is 19.3 Å². The molecule has 14 heavy (non-hydrogen) atoms. The third kappa shape index (κ3) is 3.76. The average Bonchev–Trinajstić information content (AvgIpc) is 2.21. The molecule has 0 atom stereocenters. The number of rotatable bonds is 4. The minimum atomic E-state index is -0.469. The van der Waals surface area contributed by atoms with Crippen molar-refractivity contribution in [2.75, 3.05) is 7.11 Å². The number of allylic oxidation sites excluding steroid dienone is 5. The summed E-state index contributed by atoms with van der Waals surface area (Å²) in [6, 6.07) is 0. The van der Waals surface area contributed by atoms with E-state index in [9.17, 15) is 4.79 Å². The van der Waals surface area contributed by atoms with Gasteiger partial charge in [0.05, 0.1) is 12.7 Å². The molecule has 0 saturated heterocycles. The first-order valence-corrected chi connectivity index (χ1v) is 4.17. The number of hydrogen-bond acceptors (Lipinski definition) is 3. The fourth-order valence-corrected chi connectivity index (χ4v) is 0.800. The zero-order valence-corrected chi connectivity index (χ0v) is 8.49. The molecule has 0 aliphatic heterocycles. The molecule has 0 aromatic rings. The molecule has 0 bridgehead atoms. The van der Waals surface area contributed by atoms with Gasteiger partial charge in [-0.05, 0) is 19.1 Å². The Balaban J connectivity index is 4.93. The molecule has 0 aliphatic rings. The van der Waals surface area contributed by atoms with Crippen LogP contribution in [-0.2, 0) is 9.53 Å². The maximum atomic E-state index is 11.2. The largest absolute Gasteiger partial charge is 0.465 e. The molecule has 0 aromatic heterocycles. The Labute approximate surface area is 84.2 Å². The van der Waals surface area contributed by atoms with Crippen LogP contribution in [0.3, 0.4) is 0 Å². The number of methoxy groups -OCH3 is 1. The quantitative estimate of drug-likeness (QED) is 0.420. The van der Waals surface area contributed by atoms with E-state index in [1.807, 2.05) is 13.0 Å². The first kappa shape index (κ1) is 12.2. The van der Waals surface area contributed by atoms with Gasteiger partial charge in [-0.1, -0.05) is 24.8 Å². The van der Waals surface area contributed by atoms with Crippen molar-refractivity contribution in [3.05, 3.63) is 48.2 Å². The van der Waals surface area contributed by atoms with E-state index < -0.39 is 5.97 Å². The van der Waals surface area contributed by atoms with Gasteiger partial charge in [0.25, 0.3) is 0 Å². The summed E-state index contributed by atoms with van der Waals surface area (Å²) >= 11 is 0. The number of nitrogens with two attached hydrogens (primary N) is 1. The fraction of sp³-hybridized carbons (Fsp3) is 0.182. The van der Waals surface area contributed by atoms with Crippen LogP contribution in [0, 0.1) is 0 Å². The zero-order chi connectivity index (χ0) is 11.0. The molecule has 2 N–H and O–H groups in total. The third-order valence-electron chi connectivity index (χ3n) is 1.47. The Morgan fingerprint density at radius 3 is 2.50 bits per heavy atom. The van der Waals surface area contributed by atoms with Gasteiger partial charge in [0.2, 0.25) is 0 Å². The smallest absolute Gasteiger partial charge is 0.339 e. The van der Waals surface area contributed by atoms with Crippen molar-refractivity contribution >= 4 is 5.97 Å². The minimum absolute atomic E-state index is 0.306. The van der Waals surface area contributed by atoms with Crippen LogP contribution in [0.25, 0.3) is 0 Å². The summed E-state index contributed by atoms with van der Waals surface area (Å²) in [6.07, 6.45) is 8.20. The molecule has 76 valence electrons. The zero-order valence-electron chi connectivity index (χ0n) is 8.49. The third-order valence-corrected chi connectivity index (χ3v) is 1.47. The Morgan fingerprint density at radius 1 is 1.43 bits per heavy atom. The molecule has 0 spiro atoms. The number of carbonyl (C=O) groups is 1. The summed E-state index contributed by atoms with van der Waals surface area (Å²) in [7, 11) is 1.31. The highest BCUT2D eigenvalue weighted by Gasteiger charge is 2.10. The molecule has 0 fully saturated rings. The maximum Gasteiger partial charge on any atom is 0.339 e. The lowest BCUT2D eigenvalue weighted by Gasteiger charge is -2.03. The lowest BCUT2D eigenvalue weighted by molar-refractivity contribution is -0.135. The van der Waals surface area contributed by atoms with Crippen LogP contribution >= 0.6 is 0 Å². The standard InChI is InChI=1S/C11H15NO2/c1-4-6-8-10(12)9(7-5-2)11(13)14-3/h4-8H,2,12H2,1,3H3/b6-4-,9-7+,10-8+. The van der Waals surface area contributed by atoms with Gasteiger partial charge in [-0.15, -0.1) is 0 Å². The van der Waals surface area contributed by atoms with Crippen LogP contribution in [0.15, 0.2) is 48.2 Å². The predicted octanol–water partition coefficient (Wildman–Crippen LogP) is 1.69. The monoisotopic (exact) mass is 193 g/mol. The molecule has 0 aromatic carbocycles. The van der Waals surface area contributed by atoms with Gasteiger partial charge >= 0.3 is 5.97 Å². The second-order valence-corrected chi connectivity index (χ2v) is 2.46. The molecule has 0 heterocycles. The van der Waals surface area contributed by atoms with Crippen molar-refractivity contribution in [1.82, 2.24) is 0 Å². The number of esters is 1. The maximum absolute atomic E-state index is 11.2. The molecular weight excluding hydrogens is 178 g/mol. The second kappa shape index (κ2) is 6.71. The van der Waals surface area contributed by atoms with Gasteiger partial charge in [0, 0.05) is 5.70 Å². The van der Waals surface area contributed by atoms with E-state index in [1.54, 1.807) is 12.2 Å². The minimum Gasteiger partial charge on any atom is -0.465 e. The number of carbonyl (C=O) groups excluding carboxylic acids is 1. The lowest BCUT2D eigenvalue weighted by atomic mass is 10.1. The lowest BCUT2D eigenvalue weighted by Crippen LogP contribution is -2.12. The Kier molecular flexibility index (Phi) is 5.87. The fourth-order valence-electron chi connectivity index (χ4n) is 0.800. The first-order chi connectivity index (χ1) is 6.67. The normalized spacial score (nSPS) is 13.0. The summed E-state index contributed by atoms with van der Waals surface area (Å²) < 4.78 is 4.57. The summed E-state index contributed by atoms with van der Waals surface area (Å²) in [4.78, 5) is 11.2. The molecule has 3 nitrogen and oxygen atoms in total. The first-order valence-electron chi connectivity index (χ1n) is 4.17. The Bertz CT molecular complexity index is 298. The SMILES string of the molecule is C=C\C=C(C(=O)OC)/C(N)=C\C=C/C. The summed E-state index contributed by atoms with van der Waals surface area (Å²) in [5, 5.41) is 0. The average molecular weight is 193 g/mol. The second-order valence-electron chi connectivity index (χ2n) is 2.46. The van der Waals surface area contributed by atoms with Crippen LogP contribution in [-0.4, -0.2) is 13.1 Å². The molecule has 0 aliphatic carbocycles. The highest BCUT2D eigenvalue weighted by atomic mass is 16.5. The van der Waals surface area contributed by atoms with Gasteiger partial charge < -0.3 is 10.5 Å². The van der Waals surface area contributed by atoms with E-state index in [2.05, 4.69) is 11.3 Å². The number of hydrogen-bond donors (Lipinski definition) is 1. The van der Waals surface area contributed by atoms with Gasteiger partial charge in [-0.25, -0.2) is 4.79 Å². The molecule has 3 heteroatoms. The van der Waals surface area contributed by atoms with E-state index in [-0.39, 0.29) is 0 Å². The molecule has 0 radical (unpaired) electrons. The van der Waals surface area contributed by atoms with Crippen molar-refractivity contribution in [3.8, 4) is 0 Å². The molecule has 0 amide bonds. The molecule has 0 saturated carbocycles. The van der Waals surface area contributed by atoms with Crippen LogP contribution < -0.4 is 5.73 Å². The van der Waals surface area contributed by atoms with Crippen LogP contribution in [0.1, 0.15) is 6.92 Å².